The average Bonchev–Trinajstić information content (AvgIpc) is 2.52. The lowest BCUT2D eigenvalue weighted by Crippen LogP contribution is -2.52. The lowest BCUT2D eigenvalue weighted by molar-refractivity contribution is -0.131. The highest BCUT2D eigenvalue weighted by Crippen LogP contribution is 2.20. The van der Waals surface area contributed by atoms with Crippen LogP contribution in [0.1, 0.15) is 20.8 Å². The van der Waals surface area contributed by atoms with Gasteiger partial charge in [0.2, 0.25) is 5.91 Å². The predicted octanol–water partition coefficient (Wildman–Crippen LogP) is 2.83. The molecule has 0 saturated carbocycles. The Morgan fingerprint density at radius 3 is 2.29 bits per heavy atom. The molecule has 1 aromatic rings. The van der Waals surface area contributed by atoms with Crippen LogP contribution in [0.15, 0.2) is 24.3 Å². The van der Waals surface area contributed by atoms with Gasteiger partial charge in [-0.1, -0.05) is 23.7 Å². The van der Waals surface area contributed by atoms with E-state index in [4.69, 9.17) is 16.3 Å². The van der Waals surface area contributed by atoms with E-state index in [2.05, 4.69) is 5.32 Å². The number of piperazine rings is 1. The Morgan fingerprint density at radius 2 is 1.71 bits per heavy atom. The maximum Gasteiger partial charge on any atom is 0.410 e. The van der Waals surface area contributed by atoms with Crippen LogP contribution in [0.5, 0.6) is 0 Å². The minimum absolute atomic E-state index is 0.0150. The second-order valence-corrected chi connectivity index (χ2v) is 7.09. The topological polar surface area (TPSA) is 61.9 Å². The summed E-state index contributed by atoms with van der Waals surface area (Å²) in [5.41, 5.74) is 0.225. The highest BCUT2D eigenvalue weighted by atomic mass is 35.5. The molecule has 1 aromatic carbocycles. The molecule has 0 aromatic heterocycles. The molecule has 0 bridgehead atoms. The number of benzene rings is 1. The molecule has 1 heterocycles. The van der Waals surface area contributed by atoms with E-state index >= 15 is 0 Å². The number of halogens is 1. The fourth-order valence-corrected chi connectivity index (χ4v) is 2.55. The molecule has 0 radical (unpaired) electrons. The van der Waals surface area contributed by atoms with Crippen LogP contribution in [-0.2, 0) is 9.53 Å². The van der Waals surface area contributed by atoms with Crippen molar-refractivity contribution >= 4 is 29.3 Å². The molecule has 1 fully saturated rings. The van der Waals surface area contributed by atoms with Crippen molar-refractivity contribution in [2.45, 2.75) is 26.4 Å². The van der Waals surface area contributed by atoms with Gasteiger partial charge in [-0.25, -0.2) is 4.79 Å². The number of para-hydroxylation sites is 1. The molecule has 6 nitrogen and oxygen atoms in total. The van der Waals surface area contributed by atoms with Gasteiger partial charge in [0.1, 0.15) is 5.60 Å². The van der Waals surface area contributed by atoms with Crippen molar-refractivity contribution in [1.29, 1.82) is 0 Å². The van der Waals surface area contributed by atoms with Crippen molar-refractivity contribution in [3.8, 4) is 0 Å². The lowest BCUT2D eigenvalue weighted by atomic mass is 10.2. The van der Waals surface area contributed by atoms with Crippen molar-refractivity contribution in [1.82, 2.24) is 9.80 Å². The predicted molar refractivity (Wildman–Crippen MR) is 94.3 cm³/mol. The van der Waals surface area contributed by atoms with Crippen LogP contribution in [0.2, 0.25) is 5.02 Å². The number of anilines is 1. The SMILES string of the molecule is CC(C)(C)OC(=O)N1CCN(C(=O)CNc2ccccc2Cl)CC1. The van der Waals surface area contributed by atoms with Gasteiger partial charge in [0.05, 0.1) is 17.3 Å². The summed E-state index contributed by atoms with van der Waals surface area (Å²) < 4.78 is 5.35. The van der Waals surface area contributed by atoms with Crippen molar-refractivity contribution < 1.29 is 14.3 Å². The molecular formula is C17H24ClN3O3. The normalized spacial score (nSPS) is 15.2. The Hall–Kier alpha value is -1.95. The van der Waals surface area contributed by atoms with Gasteiger partial charge in [0.15, 0.2) is 0 Å². The Bertz CT molecular complexity index is 593. The van der Waals surface area contributed by atoms with Gasteiger partial charge in [0.25, 0.3) is 0 Å². The van der Waals surface area contributed by atoms with Crippen molar-refractivity contribution in [2.24, 2.45) is 0 Å². The van der Waals surface area contributed by atoms with E-state index in [1.165, 1.54) is 0 Å². The van der Waals surface area contributed by atoms with E-state index < -0.39 is 5.60 Å². The third-order valence-corrected chi connectivity index (χ3v) is 3.92. The first-order valence-corrected chi connectivity index (χ1v) is 8.38. The molecule has 1 saturated heterocycles. The van der Waals surface area contributed by atoms with Gasteiger partial charge in [-0.15, -0.1) is 0 Å². The third-order valence-electron chi connectivity index (χ3n) is 3.59. The van der Waals surface area contributed by atoms with Crippen LogP contribution >= 0.6 is 11.6 Å². The van der Waals surface area contributed by atoms with Gasteiger partial charge in [0, 0.05) is 26.2 Å². The van der Waals surface area contributed by atoms with Crippen LogP contribution in [-0.4, -0.2) is 60.1 Å². The third kappa shape index (κ3) is 5.30. The fraction of sp³-hybridized carbons (Fsp3) is 0.529. The number of carbonyl (C=O) groups excluding carboxylic acids is 2. The van der Waals surface area contributed by atoms with E-state index in [-0.39, 0.29) is 18.5 Å². The minimum Gasteiger partial charge on any atom is -0.444 e. The summed E-state index contributed by atoms with van der Waals surface area (Å²) in [6.45, 7) is 7.65. The van der Waals surface area contributed by atoms with E-state index in [9.17, 15) is 9.59 Å². The number of nitrogens with zero attached hydrogens (tertiary/aromatic N) is 2. The summed E-state index contributed by atoms with van der Waals surface area (Å²) in [5, 5.41) is 3.63. The van der Waals surface area contributed by atoms with Gasteiger partial charge in [-0.2, -0.15) is 0 Å². The Labute approximate surface area is 147 Å². The first-order chi connectivity index (χ1) is 11.3. The van der Waals surface area contributed by atoms with Gasteiger partial charge in [-0.3, -0.25) is 4.79 Å². The molecule has 2 rings (SSSR count). The zero-order chi connectivity index (χ0) is 17.7. The van der Waals surface area contributed by atoms with Gasteiger partial charge >= 0.3 is 6.09 Å². The largest absolute Gasteiger partial charge is 0.444 e. The number of hydrogen-bond donors (Lipinski definition) is 1. The molecule has 0 aliphatic carbocycles. The molecular weight excluding hydrogens is 330 g/mol. The molecule has 24 heavy (non-hydrogen) atoms. The number of carbonyl (C=O) groups is 2. The summed E-state index contributed by atoms with van der Waals surface area (Å²) in [6, 6.07) is 7.30. The highest BCUT2D eigenvalue weighted by Gasteiger charge is 2.27. The standard InChI is InChI=1S/C17H24ClN3O3/c1-17(2,3)24-16(23)21-10-8-20(9-11-21)15(22)12-19-14-7-5-4-6-13(14)18/h4-7,19H,8-12H2,1-3H3. The van der Waals surface area contributed by atoms with E-state index in [1.54, 1.807) is 15.9 Å². The highest BCUT2D eigenvalue weighted by molar-refractivity contribution is 6.33. The van der Waals surface area contributed by atoms with Crippen molar-refractivity contribution in [2.75, 3.05) is 38.0 Å². The molecule has 0 unspecified atom stereocenters. The Kier molecular flexibility index (Phi) is 5.94. The quantitative estimate of drug-likeness (QED) is 0.907. The molecule has 1 N–H and O–H groups in total. The summed E-state index contributed by atoms with van der Waals surface area (Å²) in [6.07, 6.45) is -0.330. The molecule has 2 amide bonds. The minimum atomic E-state index is -0.511. The lowest BCUT2D eigenvalue weighted by Gasteiger charge is -2.35. The molecule has 1 aliphatic rings. The average molecular weight is 354 g/mol. The van der Waals surface area contributed by atoms with Crippen LogP contribution in [0.25, 0.3) is 0 Å². The Balaban J connectivity index is 1.78. The maximum absolute atomic E-state index is 12.3. The number of rotatable bonds is 3. The van der Waals surface area contributed by atoms with Gasteiger partial charge < -0.3 is 19.9 Å². The monoisotopic (exact) mass is 353 g/mol. The summed E-state index contributed by atoms with van der Waals surface area (Å²) >= 11 is 6.05. The number of ether oxygens (including phenoxy) is 1. The molecule has 1 aliphatic heterocycles. The molecule has 132 valence electrons. The van der Waals surface area contributed by atoms with E-state index in [0.29, 0.717) is 31.2 Å². The molecule has 7 heteroatoms. The zero-order valence-electron chi connectivity index (χ0n) is 14.3. The zero-order valence-corrected chi connectivity index (χ0v) is 15.1. The van der Waals surface area contributed by atoms with E-state index in [1.807, 2.05) is 39.0 Å². The molecule has 0 atom stereocenters. The number of hydrogen-bond acceptors (Lipinski definition) is 4. The van der Waals surface area contributed by atoms with Crippen LogP contribution in [0.4, 0.5) is 10.5 Å². The first-order valence-electron chi connectivity index (χ1n) is 8.00. The number of nitrogens with one attached hydrogen (secondary N) is 1. The second kappa shape index (κ2) is 7.75. The van der Waals surface area contributed by atoms with Crippen molar-refractivity contribution in [3.63, 3.8) is 0 Å². The van der Waals surface area contributed by atoms with Crippen molar-refractivity contribution in [3.05, 3.63) is 29.3 Å². The van der Waals surface area contributed by atoms with Gasteiger partial charge in [-0.05, 0) is 32.9 Å². The van der Waals surface area contributed by atoms with Crippen LogP contribution in [0.3, 0.4) is 0 Å². The van der Waals surface area contributed by atoms with Crippen LogP contribution < -0.4 is 5.32 Å². The second-order valence-electron chi connectivity index (χ2n) is 6.68. The van der Waals surface area contributed by atoms with Crippen LogP contribution in [0, 0.1) is 0 Å². The Morgan fingerprint density at radius 1 is 1.12 bits per heavy atom. The first kappa shape index (κ1) is 18.4. The fourth-order valence-electron chi connectivity index (χ4n) is 2.35. The summed E-state index contributed by atoms with van der Waals surface area (Å²) in [4.78, 5) is 27.7. The number of amides is 2. The van der Waals surface area contributed by atoms with E-state index in [0.717, 1.165) is 5.69 Å². The smallest absolute Gasteiger partial charge is 0.410 e. The summed E-state index contributed by atoms with van der Waals surface area (Å²) in [5.74, 6) is -0.0150. The maximum atomic E-state index is 12.3. The molecule has 0 spiro atoms. The summed E-state index contributed by atoms with van der Waals surface area (Å²) in [7, 11) is 0.